The van der Waals surface area contributed by atoms with E-state index in [1.54, 1.807) is 36.7 Å². The average molecular weight is 443 g/mol. The number of amides is 1. The molecule has 2 aromatic carbocycles. The van der Waals surface area contributed by atoms with E-state index >= 15 is 0 Å². The molecule has 3 N–H and O–H groups in total. The van der Waals surface area contributed by atoms with Gasteiger partial charge in [0.15, 0.2) is 0 Å². The third-order valence-electron chi connectivity index (χ3n) is 5.49. The van der Waals surface area contributed by atoms with Crippen LogP contribution in [0.15, 0.2) is 72.9 Å². The number of nitrogens with zero attached hydrogens (tertiary/aromatic N) is 2. The smallest absolute Gasteiger partial charge is 0.270 e. The number of hydrogen-bond acceptors (Lipinski definition) is 5. The number of halogens is 1. The highest BCUT2D eigenvalue weighted by molar-refractivity contribution is 6.05. The molecule has 0 aliphatic heterocycles. The molecule has 0 aliphatic rings. The Hall–Kier alpha value is -4.26. The van der Waals surface area contributed by atoms with E-state index in [1.165, 1.54) is 6.07 Å². The number of fused-ring (bicyclic) bond motifs is 1. The number of carbonyl (C=O) groups is 1. The number of aromatic nitrogens is 2. The van der Waals surface area contributed by atoms with Crippen LogP contribution in [0.25, 0.3) is 33.2 Å². The summed E-state index contributed by atoms with van der Waals surface area (Å²) in [5.74, 6) is -1.37. The second-order valence-electron chi connectivity index (χ2n) is 7.66. The molecule has 2 heterocycles. The van der Waals surface area contributed by atoms with Crippen molar-refractivity contribution in [3.63, 3.8) is 0 Å². The summed E-state index contributed by atoms with van der Waals surface area (Å²) >= 11 is 0. The minimum Gasteiger partial charge on any atom is -0.512 e. The van der Waals surface area contributed by atoms with Crippen molar-refractivity contribution in [2.75, 3.05) is 6.54 Å². The van der Waals surface area contributed by atoms with Gasteiger partial charge in [-0.15, -0.1) is 0 Å². The lowest BCUT2D eigenvalue weighted by atomic mass is 9.89. The lowest BCUT2D eigenvalue weighted by molar-refractivity contribution is 0.0947. The maximum absolute atomic E-state index is 14.9. The largest absolute Gasteiger partial charge is 0.512 e. The molecule has 1 amide bonds. The molecule has 0 fully saturated rings. The number of aliphatic hydroxyl groups is 2. The number of rotatable bonds is 5. The molecule has 2 aromatic heterocycles. The van der Waals surface area contributed by atoms with Gasteiger partial charge in [-0.2, -0.15) is 0 Å². The Balaban J connectivity index is 1.99. The number of carbonyl (C=O) groups excluding carboxylic acids is 1. The van der Waals surface area contributed by atoms with Gasteiger partial charge in [0.1, 0.15) is 23.5 Å². The number of benzene rings is 2. The minimum atomic E-state index is -0.559. The van der Waals surface area contributed by atoms with Gasteiger partial charge < -0.3 is 15.5 Å². The Kier molecular flexibility index (Phi) is 6.04. The fourth-order valence-corrected chi connectivity index (χ4v) is 4.04. The van der Waals surface area contributed by atoms with E-state index in [9.17, 15) is 14.3 Å². The zero-order valence-corrected chi connectivity index (χ0v) is 18.1. The Bertz CT molecular complexity index is 1380. The van der Waals surface area contributed by atoms with Gasteiger partial charge in [-0.05, 0) is 72.0 Å². The van der Waals surface area contributed by atoms with Crippen molar-refractivity contribution in [2.24, 2.45) is 0 Å². The molecule has 0 saturated carbocycles. The van der Waals surface area contributed by atoms with E-state index in [0.717, 1.165) is 27.6 Å². The molecule has 0 spiro atoms. The van der Waals surface area contributed by atoms with Gasteiger partial charge in [0, 0.05) is 23.3 Å². The first kappa shape index (κ1) is 22.0. The van der Waals surface area contributed by atoms with Crippen LogP contribution in [0.3, 0.4) is 0 Å². The van der Waals surface area contributed by atoms with E-state index in [0.29, 0.717) is 22.9 Å². The molecule has 0 atom stereocenters. The van der Waals surface area contributed by atoms with Crippen molar-refractivity contribution in [3.05, 3.63) is 95.6 Å². The van der Waals surface area contributed by atoms with Crippen LogP contribution in [-0.2, 0) is 0 Å². The van der Waals surface area contributed by atoms with E-state index in [-0.39, 0.29) is 12.2 Å². The summed E-state index contributed by atoms with van der Waals surface area (Å²) in [5, 5.41) is 21.5. The predicted molar refractivity (Wildman–Crippen MR) is 126 cm³/mol. The third kappa shape index (κ3) is 4.25. The Morgan fingerprint density at radius 3 is 2.52 bits per heavy atom. The highest BCUT2D eigenvalue weighted by Gasteiger charge is 2.20. The van der Waals surface area contributed by atoms with E-state index in [4.69, 9.17) is 5.11 Å². The van der Waals surface area contributed by atoms with Gasteiger partial charge in [-0.3, -0.25) is 9.78 Å². The van der Waals surface area contributed by atoms with Crippen LogP contribution in [0.5, 0.6) is 0 Å². The second-order valence-corrected chi connectivity index (χ2v) is 7.66. The van der Waals surface area contributed by atoms with Gasteiger partial charge in [-0.25, -0.2) is 9.37 Å². The number of aliphatic hydroxyl groups excluding tert-OH is 2. The van der Waals surface area contributed by atoms with Crippen LogP contribution in [0, 0.1) is 19.7 Å². The number of pyridine rings is 2. The fraction of sp³-hybridized carbons (Fsp3) is 0.115. The van der Waals surface area contributed by atoms with Crippen molar-refractivity contribution in [1.29, 1.82) is 0 Å². The highest BCUT2D eigenvalue weighted by Crippen LogP contribution is 2.38. The number of aryl methyl sites for hydroxylation is 2. The molecule has 4 aromatic rings. The van der Waals surface area contributed by atoms with Crippen LogP contribution in [0.2, 0.25) is 0 Å². The van der Waals surface area contributed by atoms with Crippen molar-refractivity contribution >= 4 is 16.8 Å². The molecule has 0 radical (unpaired) electrons. The topological polar surface area (TPSA) is 95.3 Å². The van der Waals surface area contributed by atoms with Crippen LogP contribution < -0.4 is 5.32 Å². The first-order valence-electron chi connectivity index (χ1n) is 10.3. The normalized spacial score (nSPS) is 11.5. The predicted octanol–water partition coefficient (Wildman–Crippen LogP) is 5.41. The van der Waals surface area contributed by atoms with Crippen LogP contribution in [0.1, 0.15) is 21.6 Å². The Labute approximate surface area is 190 Å². The molecule has 0 unspecified atom stereocenters. The molecule has 4 rings (SSSR count). The quantitative estimate of drug-likeness (QED) is 0.359. The zero-order valence-electron chi connectivity index (χ0n) is 18.1. The summed E-state index contributed by atoms with van der Waals surface area (Å²) in [6.45, 7) is 3.66. The second kappa shape index (κ2) is 9.08. The third-order valence-corrected chi connectivity index (χ3v) is 5.49. The van der Waals surface area contributed by atoms with E-state index in [1.807, 2.05) is 32.0 Å². The Morgan fingerprint density at radius 1 is 1.09 bits per heavy atom. The summed E-state index contributed by atoms with van der Waals surface area (Å²) in [7, 11) is 0. The summed E-state index contributed by atoms with van der Waals surface area (Å²) in [4.78, 5) is 21.4. The maximum atomic E-state index is 14.9. The molecule has 7 heteroatoms. The molecular weight excluding hydrogens is 421 g/mol. The van der Waals surface area contributed by atoms with Gasteiger partial charge in [0.25, 0.3) is 5.91 Å². The molecule has 6 nitrogen and oxygen atoms in total. The average Bonchev–Trinajstić information content (AvgIpc) is 2.82. The summed E-state index contributed by atoms with van der Waals surface area (Å²) in [5.41, 5.74) is 5.36. The summed E-state index contributed by atoms with van der Waals surface area (Å²) in [6.07, 6.45) is 3.95. The van der Waals surface area contributed by atoms with Crippen molar-refractivity contribution < 1.29 is 19.4 Å². The zero-order chi connectivity index (χ0) is 23.5. The van der Waals surface area contributed by atoms with Crippen LogP contribution in [-0.4, -0.2) is 32.6 Å². The molecule has 0 saturated heterocycles. The highest BCUT2D eigenvalue weighted by atomic mass is 19.1. The molecular formula is C26H22FN3O3. The monoisotopic (exact) mass is 443 g/mol. The standard InChI is InChI=1S/C26H22FN3O3/c1-15-11-22-25(16(2)24(15)17-7-9-28-10-8-17)20(19-5-3-4-6-21(19)27)12-23(30-22)26(33)29-13-18(32)14-31/h3-12,14,31-32H,13H2,1-2H3,(H,29,33)/b18-14-. The van der Waals surface area contributed by atoms with Gasteiger partial charge >= 0.3 is 0 Å². The number of nitrogens with one attached hydrogen (secondary N) is 1. The number of hydrogen-bond donors (Lipinski definition) is 3. The van der Waals surface area contributed by atoms with Crippen molar-refractivity contribution in [3.8, 4) is 22.3 Å². The first-order chi connectivity index (χ1) is 15.9. The summed E-state index contributed by atoms with van der Waals surface area (Å²) < 4.78 is 14.9. The van der Waals surface area contributed by atoms with E-state index < -0.39 is 17.5 Å². The van der Waals surface area contributed by atoms with Crippen molar-refractivity contribution in [1.82, 2.24) is 15.3 Å². The van der Waals surface area contributed by atoms with Crippen LogP contribution >= 0.6 is 0 Å². The molecule has 166 valence electrons. The lowest BCUT2D eigenvalue weighted by Gasteiger charge is -2.18. The first-order valence-corrected chi connectivity index (χ1v) is 10.3. The molecule has 0 bridgehead atoms. The van der Waals surface area contributed by atoms with E-state index in [2.05, 4.69) is 15.3 Å². The SMILES string of the molecule is Cc1cc2nc(C(=O)NC/C(O)=C/O)cc(-c3ccccc3F)c2c(C)c1-c1ccncc1. The lowest BCUT2D eigenvalue weighted by Crippen LogP contribution is -2.26. The Morgan fingerprint density at radius 2 is 1.82 bits per heavy atom. The molecule has 0 aliphatic carbocycles. The van der Waals surface area contributed by atoms with Crippen molar-refractivity contribution in [2.45, 2.75) is 13.8 Å². The van der Waals surface area contributed by atoms with Crippen LogP contribution in [0.4, 0.5) is 4.39 Å². The minimum absolute atomic E-state index is 0.0713. The van der Waals surface area contributed by atoms with Gasteiger partial charge in [-0.1, -0.05) is 18.2 Å². The fourth-order valence-electron chi connectivity index (χ4n) is 4.04. The summed E-state index contributed by atoms with van der Waals surface area (Å²) in [6, 6.07) is 13.6. The van der Waals surface area contributed by atoms with Gasteiger partial charge in [0.05, 0.1) is 12.1 Å². The maximum Gasteiger partial charge on any atom is 0.270 e. The van der Waals surface area contributed by atoms with Gasteiger partial charge in [0.2, 0.25) is 0 Å². The molecule has 33 heavy (non-hydrogen) atoms.